The third-order valence-corrected chi connectivity index (χ3v) is 1.85. The average molecular weight is 189 g/mol. The first kappa shape index (κ1) is 9.32. The summed E-state index contributed by atoms with van der Waals surface area (Å²) in [6, 6.07) is 10.7. The van der Waals surface area contributed by atoms with Gasteiger partial charge in [0.1, 0.15) is 0 Å². The molecule has 0 N–H and O–H groups in total. The van der Waals surface area contributed by atoms with Crippen LogP contribution in [0.15, 0.2) is 36.0 Å². The fourth-order valence-corrected chi connectivity index (χ4v) is 1.05. The van der Waals surface area contributed by atoms with Crippen molar-refractivity contribution in [1.82, 2.24) is 0 Å². The molecule has 1 rings (SSSR count). The fraction of sp³-hybridized carbons (Fsp3) is 0. The Morgan fingerprint density at radius 2 is 2.00 bits per heavy atom. The molecule has 0 unspecified atom stereocenters. The van der Waals surface area contributed by atoms with Crippen LogP contribution in [-0.4, -0.2) is 0 Å². The van der Waals surface area contributed by atoms with Crippen LogP contribution < -0.4 is 0 Å². The lowest BCUT2D eigenvalue weighted by molar-refractivity contribution is 1.50. The molecule has 0 spiro atoms. The van der Waals surface area contributed by atoms with Crippen molar-refractivity contribution in [2.45, 2.75) is 0 Å². The summed E-state index contributed by atoms with van der Waals surface area (Å²) in [6.45, 7) is 6.70. The Balaban J connectivity index is 3.21. The van der Waals surface area contributed by atoms with E-state index in [-0.39, 0.29) is 10.7 Å². The molecule has 0 aliphatic heterocycles. The van der Waals surface area contributed by atoms with Gasteiger partial charge in [0.2, 0.25) is 0 Å². The first-order chi connectivity index (χ1) is 6.29. The standard InChI is InChI=1S/C10H5ClN2/c1-13-9(7-12)10(11)8-5-3-2-4-6-8/h2-6H/b10-9-. The van der Waals surface area contributed by atoms with Crippen LogP contribution in [0, 0.1) is 17.9 Å². The molecule has 0 fully saturated rings. The Labute approximate surface area is 81.5 Å². The Bertz CT molecular complexity index is 391. The molecule has 3 heteroatoms. The van der Waals surface area contributed by atoms with Crippen LogP contribution in [0.3, 0.4) is 0 Å². The van der Waals surface area contributed by atoms with Crippen molar-refractivity contribution in [3.8, 4) is 6.07 Å². The maximum atomic E-state index is 8.55. The largest absolute Gasteiger partial charge is 0.280 e. The highest BCUT2D eigenvalue weighted by atomic mass is 35.5. The summed E-state index contributed by atoms with van der Waals surface area (Å²) >= 11 is 5.82. The predicted octanol–water partition coefficient (Wildman–Crippen LogP) is 3.04. The molecule has 0 heterocycles. The van der Waals surface area contributed by atoms with E-state index < -0.39 is 0 Å². The van der Waals surface area contributed by atoms with Crippen molar-refractivity contribution in [1.29, 1.82) is 5.26 Å². The molecule has 0 atom stereocenters. The number of allylic oxidation sites excluding steroid dienone is 1. The summed E-state index contributed by atoms with van der Waals surface area (Å²) in [5.41, 5.74) is 0.615. The molecule has 0 aliphatic rings. The molecule has 0 bridgehead atoms. The van der Waals surface area contributed by atoms with Gasteiger partial charge in [-0.25, -0.2) is 10.1 Å². The highest BCUT2D eigenvalue weighted by Gasteiger charge is 2.04. The maximum absolute atomic E-state index is 8.55. The van der Waals surface area contributed by atoms with Gasteiger partial charge in [-0.15, -0.1) is 0 Å². The molecule has 0 saturated carbocycles. The fourth-order valence-electron chi connectivity index (χ4n) is 0.844. The Morgan fingerprint density at radius 3 is 2.46 bits per heavy atom. The van der Waals surface area contributed by atoms with Crippen LogP contribution in [0.2, 0.25) is 0 Å². The van der Waals surface area contributed by atoms with Crippen LogP contribution in [-0.2, 0) is 0 Å². The molecule has 0 amide bonds. The number of hydrogen-bond donors (Lipinski definition) is 0. The average Bonchev–Trinajstić information content (AvgIpc) is 2.21. The van der Waals surface area contributed by atoms with Crippen molar-refractivity contribution in [2.24, 2.45) is 0 Å². The van der Waals surface area contributed by atoms with Crippen molar-refractivity contribution < 1.29 is 0 Å². The van der Waals surface area contributed by atoms with Gasteiger partial charge in [-0.05, 0) is 5.56 Å². The first-order valence-electron chi connectivity index (χ1n) is 3.52. The Morgan fingerprint density at radius 1 is 1.38 bits per heavy atom. The van der Waals surface area contributed by atoms with Gasteiger partial charge in [-0.1, -0.05) is 41.9 Å². The summed E-state index contributed by atoms with van der Waals surface area (Å²) in [5.74, 6) is 0. The lowest BCUT2D eigenvalue weighted by Crippen LogP contribution is -1.79. The summed E-state index contributed by atoms with van der Waals surface area (Å²) in [7, 11) is 0. The minimum atomic E-state index is -0.0760. The highest BCUT2D eigenvalue weighted by molar-refractivity contribution is 6.49. The predicted molar refractivity (Wildman–Crippen MR) is 51.4 cm³/mol. The van der Waals surface area contributed by atoms with Crippen molar-refractivity contribution in [3.63, 3.8) is 0 Å². The van der Waals surface area contributed by atoms with E-state index in [0.717, 1.165) is 0 Å². The minimum Gasteiger partial charge on any atom is -0.225 e. The van der Waals surface area contributed by atoms with Crippen molar-refractivity contribution in [2.75, 3.05) is 0 Å². The number of halogens is 1. The molecule has 1 aromatic rings. The smallest absolute Gasteiger partial charge is 0.225 e. The highest BCUT2D eigenvalue weighted by Crippen LogP contribution is 2.22. The Kier molecular flexibility index (Phi) is 3.09. The van der Waals surface area contributed by atoms with E-state index in [4.69, 9.17) is 23.4 Å². The van der Waals surface area contributed by atoms with E-state index >= 15 is 0 Å². The zero-order valence-corrected chi connectivity index (χ0v) is 7.42. The molecular formula is C10H5ClN2. The zero-order chi connectivity index (χ0) is 9.68. The van der Waals surface area contributed by atoms with E-state index in [0.29, 0.717) is 5.56 Å². The second-order valence-electron chi connectivity index (χ2n) is 2.25. The van der Waals surface area contributed by atoms with Gasteiger partial charge in [0.25, 0.3) is 5.70 Å². The molecule has 2 nitrogen and oxygen atoms in total. The van der Waals surface area contributed by atoms with Gasteiger partial charge in [0, 0.05) is 0 Å². The lowest BCUT2D eigenvalue weighted by Gasteiger charge is -1.97. The van der Waals surface area contributed by atoms with Gasteiger partial charge in [0.05, 0.1) is 17.7 Å². The normalized spacial score (nSPS) is 11.0. The number of rotatable bonds is 1. The number of hydrogen-bond acceptors (Lipinski definition) is 1. The van der Waals surface area contributed by atoms with Crippen LogP contribution in [0.5, 0.6) is 0 Å². The van der Waals surface area contributed by atoms with Gasteiger partial charge >= 0.3 is 0 Å². The molecular weight excluding hydrogens is 184 g/mol. The van der Waals surface area contributed by atoms with Crippen LogP contribution in [0.25, 0.3) is 9.88 Å². The summed E-state index contributed by atoms with van der Waals surface area (Å²) in [5, 5.41) is 8.76. The molecule has 0 aromatic heterocycles. The van der Waals surface area contributed by atoms with Gasteiger partial charge in [0.15, 0.2) is 0 Å². The lowest BCUT2D eigenvalue weighted by atomic mass is 10.2. The molecule has 0 saturated heterocycles. The van der Waals surface area contributed by atoms with Gasteiger partial charge < -0.3 is 0 Å². The third-order valence-electron chi connectivity index (χ3n) is 1.45. The quantitative estimate of drug-likeness (QED) is 0.492. The molecule has 0 aliphatic carbocycles. The van der Waals surface area contributed by atoms with Crippen LogP contribution >= 0.6 is 11.6 Å². The van der Waals surface area contributed by atoms with E-state index in [1.54, 1.807) is 30.3 Å². The van der Waals surface area contributed by atoms with Crippen molar-refractivity contribution >= 4 is 16.6 Å². The maximum Gasteiger partial charge on any atom is 0.280 e. The molecule has 62 valence electrons. The zero-order valence-electron chi connectivity index (χ0n) is 6.66. The van der Waals surface area contributed by atoms with Crippen molar-refractivity contribution in [3.05, 3.63) is 53.0 Å². The van der Waals surface area contributed by atoms with E-state index in [1.165, 1.54) is 0 Å². The number of benzene rings is 1. The van der Waals surface area contributed by atoms with Crippen LogP contribution in [0.1, 0.15) is 5.56 Å². The second kappa shape index (κ2) is 4.30. The Hall–Kier alpha value is -1.77. The van der Waals surface area contributed by atoms with Gasteiger partial charge in [-0.2, -0.15) is 0 Å². The summed E-state index contributed by atoms with van der Waals surface area (Å²) in [4.78, 5) is 3.02. The number of nitrogens with zero attached hydrogens (tertiary/aromatic N) is 2. The molecule has 0 radical (unpaired) electrons. The molecule has 13 heavy (non-hydrogen) atoms. The minimum absolute atomic E-state index is 0.0760. The summed E-state index contributed by atoms with van der Waals surface area (Å²) < 4.78 is 0. The third kappa shape index (κ3) is 2.08. The summed E-state index contributed by atoms with van der Waals surface area (Å²) in [6.07, 6.45) is 0. The monoisotopic (exact) mass is 188 g/mol. The molecule has 1 aromatic carbocycles. The second-order valence-corrected chi connectivity index (χ2v) is 2.63. The van der Waals surface area contributed by atoms with E-state index in [2.05, 4.69) is 4.85 Å². The van der Waals surface area contributed by atoms with Gasteiger partial charge in [-0.3, -0.25) is 0 Å². The van der Waals surface area contributed by atoms with E-state index in [9.17, 15) is 0 Å². The SMILES string of the molecule is [C-]#[N+]/C(C#N)=C(\Cl)c1ccccc1. The van der Waals surface area contributed by atoms with Crippen LogP contribution in [0.4, 0.5) is 0 Å². The van der Waals surface area contributed by atoms with E-state index in [1.807, 2.05) is 6.07 Å². The first-order valence-corrected chi connectivity index (χ1v) is 3.90. The number of nitriles is 1. The topological polar surface area (TPSA) is 28.1 Å².